The van der Waals surface area contributed by atoms with Crippen molar-refractivity contribution in [1.82, 2.24) is 5.32 Å². The molecule has 1 heterocycles. The van der Waals surface area contributed by atoms with Crippen LogP contribution in [0.25, 0.3) is 0 Å². The number of nitrogens with one attached hydrogen (secondary N) is 1. The van der Waals surface area contributed by atoms with Crippen molar-refractivity contribution in [2.75, 3.05) is 18.5 Å². The summed E-state index contributed by atoms with van der Waals surface area (Å²) >= 11 is 3.37. The average Bonchev–Trinajstić information content (AvgIpc) is 1.90. The van der Waals surface area contributed by atoms with Gasteiger partial charge >= 0.3 is 0 Å². The van der Waals surface area contributed by atoms with Crippen LogP contribution in [0.3, 0.4) is 0 Å². The van der Waals surface area contributed by atoms with Gasteiger partial charge in [0.15, 0.2) is 0 Å². The zero-order chi connectivity index (χ0) is 6.69. The molecule has 0 spiro atoms. The van der Waals surface area contributed by atoms with Crippen molar-refractivity contribution in [2.24, 2.45) is 0 Å². The van der Waals surface area contributed by atoms with Gasteiger partial charge in [-0.2, -0.15) is 0 Å². The molecule has 1 aliphatic heterocycles. The number of ether oxygens (including phenoxy) is 1. The molecule has 0 aromatic rings. The van der Waals surface area contributed by atoms with Gasteiger partial charge < -0.3 is 10.1 Å². The Labute approximate surface area is 64.1 Å². The van der Waals surface area contributed by atoms with E-state index in [2.05, 4.69) is 28.2 Å². The first kappa shape index (κ1) is 7.51. The van der Waals surface area contributed by atoms with Gasteiger partial charge in [-0.25, -0.2) is 0 Å². The molecule has 2 nitrogen and oxygen atoms in total. The van der Waals surface area contributed by atoms with E-state index in [-0.39, 0.29) is 0 Å². The van der Waals surface area contributed by atoms with Crippen LogP contribution in [-0.4, -0.2) is 30.6 Å². The highest BCUT2D eigenvalue weighted by atomic mass is 79.9. The zero-order valence-electron chi connectivity index (χ0n) is 5.56. The van der Waals surface area contributed by atoms with Crippen LogP contribution in [0.15, 0.2) is 0 Å². The molecule has 1 N–H and O–H groups in total. The van der Waals surface area contributed by atoms with Crippen molar-refractivity contribution in [3.63, 3.8) is 0 Å². The standard InChI is InChI=1S/C6H12BrNO/c1-5-4-9-6(2-7)3-8-5/h5-6,8H,2-4H2,1H3. The maximum atomic E-state index is 5.43. The van der Waals surface area contributed by atoms with Gasteiger partial charge in [-0.05, 0) is 6.92 Å². The molecule has 1 aliphatic rings. The third-order valence-electron chi connectivity index (χ3n) is 1.45. The first-order chi connectivity index (χ1) is 4.33. The Kier molecular flexibility index (Phi) is 2.95. The molecule has 0 aromatic heterocycles. The highest BCUT2D eigenvalue weighted by molar-refractivity contribution is 9.09. The van der Waals surface area contributed by atoms with Crippen LogP contribution in [0.1, 0.15) is 6.92 Å². The normalized spacial score (nSPS) is 36.7. The molecule has 2 atom stereocenters. The highest BCUT2D eigenvalue weighted by Crippen LogP contribution is 2.02. The average molecular weight is 194 g/mol. The van der Waals surface area contributed by atoms with Crippen LogP contribution in [0.2, 0.25) is 0 Å². The van der Waals surface area contributed by atoms with E-state index in [0.29, 0.717) is 12.1 Å². The molecular weight excluding hydrogens is 182 g/mol. The number of hydrogen-bond donors (Lipinski definition) is 1. The number of alkyl halides is 1. The molecule has 0 aliphatic carbocycles. The van der Waals surface area contributed by atoms with Crippen molar-refractivity contribution < 1.29 is 4.74 Å². The summed E-state index contributed by atoms with van der Waals surface area (Å²) in [4.78, 5) is 0. The van der Waals surface area contributed by atoms with E-state index in [1.54, 1.807) is 0 Å². The number of morpholine rings is 1. The summed E-state index contributed by atoms with van der Waals surface area (Å²) in [6, 6.07) is 0.528. The second-order valence-electron chi connectivity index (χ2n) is 2.42. The van der Waals surface area contributed by atoms with Gasteiger partial charge in [0, 0.05) is 17.9 Å². The predicted octanol–water partition coefficient (Wildman–Crippen LogP) is 0.758. The van der Waals surface area contributed by atoms with Gasteiger partial charge in [-0.1, -0.05) is 15.9 Å². The first-order valence-corrected chi connectivity index (χ1v) is 4.36. The summed E-state index contributed by atoms with van der Waals surface area (Å²) < 4.78 is 5.43. The molecule has 0 saturated carbocycles. The summed E-state index contributed by atoms with van der Waals surface area (Å²) in [5.41, 5.74) is 0. The molecule has 3 heteroatoms. The van der Waals surface area contributed by atoms with Gasteiger partial charge in [0.25, 0.3) is 0 Å². The van der Waals surface area contributed by atoms with Crippen molar-refractivity contribution in [1.29, 1.82) is 0 Å². The lowest BCUT2D eigenvalue weighted by Crippen LogP contribution is -2.45. The monoisotopic (exact) mass is 193 g/mol. The van der Waals surface area contributed by atoms with Gasteiger partial charge in [0.05, 0.1) is 12.7 Å². The van der Waals surface area contributed by atoms with Crippen molar-refractivity contribution in [2.45, 2.75) is 19.1 Å². The summed E-state index contributed by atoms with van der Waals surface area (Å²) in [7, 11) is 0. The minimum Gasteiger partial charge on any atom is -0.374 e. The third kappa shape index (κ3) is 2.24. The van der Waals surface area contributed by atoms with E-state index < -0.39 is 0 Å². The van der Waals surface area contributed by atoms with Crippen LogP contribution < -0.4 is 5.32 Å². The lowest BCUT2D eigenvalue weighted by Gasteiger charge is -2.26. The van der Waals surface area contributed by atoms with E-state index in [4.69, 9.17) is 4.74 Å². The fraction of sp³-hybridized carbons (Fsp3) is 1.00. The lowest BCUT2D eigenvalue weighted by atomic mass is 10.2. The molecule has 1 rings (SSSR count). The predicted molar refractivity (Wildman–Crippen MR) is 41.0 cm³/mol. The largest absolute Gasteiger partial charge is 0.374 e. The van der Waals surface area contributed by atoms with E-state index in [0.717, 1.165) is 18.5 Å². The van der Waals surface area contributed by atoms with Crippen LogP contribution in [-0.2, 0) is 4.74 Å². The van der Waals surface area contributed by atoms with Crippen molar-refractivity contribution in [3.8, 4) is 0 Å². The Balaban J connectivity index is 2.18. The Bertz CT molecular complexity index is 81.1. The van der Waals surface area contributed by atoms with Gasteiger partial charge in [0.2, 0.25) is 0 Å². The van der Waals surface area contributed by atoms with Crippen molar-refractivity contribution >= 4 is 15.9 Å². The third-order valence-corrected chi connectivity index (χ3v) is 2.17. The Morgan fingerprint density at radius 1 is 1.78 bits per heavy atom. The molecule has 1 fully saturated rings. The number of hydrogen-bond acceptors (Lipinski definition) is 2. The Morgan fingerprint density at radius 3 is 3.00 bits per heavy atom. The van der Waals surface area contributed by atoms with Crippen LogP contribution >= 0.6 is 15.9 Å². The maximum Gasteiger partial charge on any atom is 0.0796 e. The molecule has 0 bridgehead atoms. The van der Waals surface area contributed by atoms with Crippen LogP contribution in [0, 0.1) is 0 Å². The van der Waals surface area contributed by atoms with E-state index >= 15 is 0 Å². The minimum atomic E-state index is 0.376. The Hall–Kier alpha value is 0.400. The summed E-state index contributed by atoms with van der Waals surface area (Å²) in [6.45, 7) is 3.95. The molecule has 0 aromatic carbocycles. The summed E-state index contributed by atoms with van der Waals surface area (Å²) in [6.07, 6.45) is 0.376. The summed E-state index contributed by atoms with van der Waals surface area (Å²) in [5.74, 6) is 0. The fourth-order valence-electron chi connectivity index (χ4n) is 0.830. The van der Waals surface area contributed by atoms with E-state index in [9.17, 15) is 0 Å². The SMILES string of the molecule is CC1COC(CBr)CN1. The number of halogens is 1. The van der Waals surface area contributed by atoms with Gasteiger partial charge in [-0.3, -0.25) is 0 Å². The smallest absolute Gasteiger partial charge is 0.0796 e. The molecular formula is C6H12BrNO. The zero-order valence-corrected chi connectivity index (χ0v) is 7.15. The lowest BCUT2D eigenvalue weighted by molar-refractivity contribution is 0.0231. The maximum absolute atomic E-state index is 5.43. The molecule has 54 valence electrons. The molecule has 1 saturated heterocycles. The first-order valence-electron chi connectivity index (χ1n) is 3.24. The Morgan fingerprint density at radius 2 is 2.56 bits per heavy atom. The molecule has 0 amide bonds. The van der Waals surface area contributed by atoms with Crippen LogP contribution in [0.4, 0.5) is 0 Å². The second-order valence-corrected chi connectivity index (χ2v) is 3.07. The minimum absolute atomic E-state index is 0.376. The van der Waals surface area contributed by atoms with E-state index in [1.807, 2.05) is 0 Å². The quantitative estimate of drug-likeness (QED) is 0.622. The highest BCUT2D eigenvalue weighted by Gasteiger charge is 2.15. The topological polar surface area (TPSA) is 21.3 Å². The fourth-order valence-corrected chi connectivity index (χ4v) is 1.25. The number of rotatable bonds is 1. The second kappa shape index (κ2) is 3.54. The van der Waals surface area contributed by atoms with E-state index in [1.165, 1.54) is 0 Å². The van der Waals surface area contributed by atoms with Gasteiger partial charge in [0.1, 0.15) is 0 Å². The van der Waals surface area contributed by atoms with Crippen molar-refractivity contribution in [3.05, 3.63) is 0 Å². The molecule has 0 radical (unpaired) electrons. The molecule has 9 heavy (non-hydrogen) atoms. The van der Waals surface area contributed by atoms with Crippen LogP contribution in [0.5, 0.6) is 0 Å². The summed E-state index contributed by atoms with van der Waals surface area (Å²) in [5, 5.41) is 4.27. The molecule has 2 unspecified atom stereocenters. The van der Waals surface area contributed by atoms with Gasteiger partial charge in [-0.15, -0.1) is 0 Å².